The summed E-state index contributed by atoms with van der Waals surface area (Å²) in [6.45, 7) is 0.197. The molecule has 0 aromatic carbocycles. The van der Waals surface area contributed by atoms with Crippen molar-refractivity contribution in [2.75, 3.05) is 0 Å². The topological polar surface area (TPSA) is 102 Å². The van der Waals surface area contributed by atoms with Crippen LogP contribution in [0, 0.1) is 15.2 Å². The number of carbonyl (C=O) groups excluding carboxylic acids is 1. The van der Waals surface area contributed by atoms with E-state index in [1.165, 1.54) is 23.2 Å². The fraction of sp³-hybridized carbons (Fsp3) is 0.182. The number of carbonyl (C=O) groups is 1. The number of amides is 1. The number of hydrogen-bond acceptors (Lipinski definition) is 6. The van der Waals surface area contributed by atoms with Crippen molar-refractivity contribution in [2.45, 2.75) is 13.0 Å². The fourth-order valence-electron chi connectivity index (χ4n) is 1.41. The van der Waals surface area contributed by atoms with Gasteiger partial charge in [-0.3, -0.25) is 19.6 Å². The van der Waals surface area contributed by atoms with Gasteiger partial charge in [-0.15, -0.1) is 11.3 Å². The second-order valence-corrected chi connectivity index (χ2v) is 4.97. The van der Waals surface area contributed by atoms with Gasteiger partial charge in [0.05, 0.1) is 22.6 Å². The number of nitrogens with zero attached hydrogens (tertiary/aromatic N) is 4. The molecule has 0 unspecified atom stereocenters. The van der Waals surface area contributed by atoms with Crippen molar-refractivity contribution in [3.05, 3.63) is 44.6 Å². The predicted molar refractivity (Wildman–Crippen MR) is 73.5 cm³/mol. The summed E-state index contributed by atoms with van der Waals surface area (Å²) in [6, 6.07) is 2.84. The van der Waals surface area contributed by atoms with Crippen molar-refractivity contribution in [3.63, 3.8) is 0 Å². The minimum atomic E-state index is -0.561. The Morgan fingerprint density at radius 3 is 3.05 bits per heavy atom. The lowest BCUT2D eigenvalue weighted by Gasteiger charge is -1.99. The minimum Gasteiger partial charge on any atom is -0.273 e. The molecule has 0 aliphatic heterocycles. The Labute approximate surface area is 122 Å². The van der Waals surface area contributed by atoms with Crippen LogP contribution in [0.3, 0.4) is 0 Å². The number of hydrogen-bond donors (Lipinski definition) is 1. The van der Waals surface area contributed by atoms with Gasteiger partial charge in [-0.25, -0.2) is 5.43 Å². The molecule has 1 N–H and O–H groups in total. The normalized spacial score (nSPS) is 10.9. The molecule has 0 atom stereocenters. The maximum Gasteiger partial charge on any atom is 0.306 e. The zero-order valence-corrected chi connectivity index (χ0v) is 11.4. The lowest BCUT2D eigenvalue weighted by Crippen LogP contribution is -2.19. The molecule has 2 heterocycles. The fourth-order valence-corrected chi connectivity index (χ4v) is 2.01. The number of thiophene rings is 1. The number of aryl methyl sites for hydroxylation is 1. The highest BCUT2D eigenvalue weighted by atomic mass is 32.1. The van der Waals surface area contributed by atoms with Crippen LogP contribution in [0.25, 0.3) is 0 Å². The van der Waals surface area contributed by atoms with Crippen molar-refractivity contribution >= 4 is 29.1 Å². The van der Waals surface area contributed by atoms with Gasteiger partial charge in [-0.05, 0) is 12.1 Å². The molecule has 0 saturated carbocycles. The highest BCUT2D eigenvalue weighted by molar-refractivity contribution is 7.12. The van der Waals surface area contributed by atoms with Crippen LogP contribution in [0.4, 0.5) is 10.1 Å². The van der Waals surface area contributed by atoms with E-state index < -0.39 is 4.92 Å². The number of nitrogens with one attached hydrogen (secondary N) is 1. The lowest BCUT2D eigenvalue weighted by molar-refractivity contribution is -0.385. The summed E-state index contributed by atoms with van der Waals surface area (Å²) in [4.78, 5) is 22.0. The number of halogens is 1. The van der Waals surface area contributed by atoms with E-state index in [9.17, 15) is 19.3 Å². The van der Waals surface area contributed by atoms with Crippen LogP contribution in [-0.2, 0) is 11.3 Å². The third-order valence-corrected chi connectivity index (χ3v) is 3.18. The first-order valence-electron chi connectivity index (χ1n) is 5.78. The second-order valence-electron chi connectivity index (χ2n) is 3.90. The molecular weight excluding hydrogens is 301 g/mol. The van der Waals surface area contributed by atoms with Crippen LogP contribution in [0.1, 0.15) is 11.3 Å². The first-order valence-corrected chi connectivity index (χ1v) is 6.60. The van der Waals surface area contributed by atoms with E-state index in [-0.39, 0.29) is 29.7 Å². The summed E-state index contributed by atoms with van der Waals surface area (Å²) in [7, 11) is 0. The van der Waals surface area contributed by atoms with Crippen LogP contribution in [0.5, 0.6) is 0 Å². The molecule has 0 aliphatic rings. The molecule has 2 aromatic heterocycles. The van der Waals surface area contributed by atoms with Crippen LogP contribution < -0.4 is 5.43 Å². The molecule has 0 spiro atoms. The number of hydrazone groups is 1. The van der Waals surface area contributed by atoms with Gasteiger partial charge in [-0.1, -0.05) is 0 Å². The zero-order valence-electron chi connectivity index (χ0n) is 10.6. The van der Waals surface area contributed by atoms with Crippen LogP contribution >= 0.6 is 11.3 Å². The van der Waals surface area contributed by atoms with Crippen molar-refractivity contribution in [1.29, 1.82) is 0 Å². The summed E-state index contributed by atoms with van der Waals surface area (Å²) >= 11 is 0.910. The number of aromatic nitrogens is 2. The van der Waals surface area contributed by atoms with Crippen LogP contribution in [0.15, 0.2) is 29.6 Å². The molecule has 2 aromatic rings. The first kappa shape index (κ1) is 14.8. The Bertz CT molecular complexity index is 681. The molecule has 0 fully saturated rings. The zero-order chi connectivity index (χ0) is 15.2. The lowest BCUT2D eigenvalue weighted by atomic mass is 10.4. The smallest absolute Gasteiger partial charge is 0.273 e. The Kier molecular flexibility index (Phi) is 4.72. The molecule has 1 amide bonds. The molecule has 0 bridgehead atoms. The van der Waals surface area contributed by atoms with Crippen molar-refractivity contribution in [1.82, 2.24) is 15.2 Å². The van der Waals surface area contributed by atoms with Crippen molar-refractivity contribution in [3.8, 4) is 0 Å². The maximum atomic E-state index is 12.7. The second kappa shape index (κ2) is 6.70. The van der Waals surface area contributed by atoms with Gasteiger partial charge < -0.3 is 0 Å². The summed E-state index contributed by atoms with van der Waals surface area (Å²) in [6.07, 6.45) is 3.76. The Morgan fingerprint density at radius 2 is 2.43 bits per heavy atom. The molecule has 0 radical (unpaired) electrons. The largest absolute Gasteiger partial charge is 0.306 e. The molecule has 10 heteroatoms. The maximum absolute atomic E-state index is 12.7. The van der Waals surface area contributed by atoms with E-state index in [4.69, 9.17) is 0 Å². The molecule has 2 rings (SSSR count). The van der Waals surface area contributed by atoms with Gasteiger partial charge >= 0.3 is 5.69 Å². The van der Waals surface area contributed by atoms with E-state index in [0.717, 1.165) is 17.5 Å². The molecule has 21 heavy (non-hydrogen) atoms. The van der Waals surface area contributed by atoms with E-state index in [2.05, 4.69) is 15.6 Å². The van der Waals surface area contributed by atoms with E-state index in [1.807, 2.05) is 0 Å². The van der Waals surface area contributed by atoms with Gasteiger partial charge in [0.25, 0.3) is 0 Å². The SMILES string of the molecule is O=C(CCn1cc([N+](=O)[O-])cn1)N/N=C\c1ccc(F)s1. The Balaban J connectivity index is 1.76. The van der Waals surface area contributed by atoms with E-state index in [0.29, 0.717) is 4.88 Å². The number of nitro groups is 1. The van der Waals surface area contributed by atoms with Crippen molar-refractivity contribution in [2.24, 2.45) is 5.10 Å². The Hall–Kier alpha value is -2.62. The third kappa shape index (κ3) is 4.45. The van der Waals surface area contributed by atoms with Gasteiger partial charge in [-0.2, -0.15) is 14.6 Å². The summed E-state index contributed by atoms with van der Waals surface area (Å²) < 4.78 is 14.0. The highest BCUT2D eigenvalue weighted by Gasteiger charge is 2.09. The first-order chi connectivity index (χ1) is 10.0. The van der Waals surface area contributed by atoms with Crippen molar-refractivity contribution < 1.29 is 14.1 Å². The standard InChI is InChI=1S/C11H10FN5O3S/c12-10-2-1-9(21-10)6-13-15-11(18)3-4-16-7-8(5-14-16)17(19)20/h1-2,5-7H,3-4H2,(H,15,18)/b13-6-. The van der Waals surface area contributed by atoms with Gasteiger partial charge in [0.1, 0.15) is 12.4 Å². The minimum absolute atomic E-state index is 0.0645. The third-order valence-electron chi connectivity index (χ3n) is 2.37. The monoisotopic (exact) mass is 311 g/mol. The molecule has 0 aliphatic carbocycles. The van der Waals surface area contributed by atoms with Gasteiger partial charge in [0, 0.05) is 6.42 Å². The molecular formula is C11H10FN5O3S. The molecule has 110 valence electrons. The molecule has 0 saturated heterocycles. The predicted octanol–water partition coefficient (Wildman–Crippen LogP) is 1.53. The highest BCUT2D eigenvalue weighted by Crippen LogP contribution is 2.11. The average molecular weight is 311 g/mol. The van der Waals surface area contributed by atoms with Crippen LogP contribution in [0.2, 0.25) is 0 Å². The van der Waals surface area contributed by atoms with Gasteiger partial charge in [0.2, 0.25) is 5.91 Å². The summed E-state index contributed by atoms with van der Waals surface area (Å²) in [5.41, 5.74) is 2.15. The van der Waals surface area contributed by atoms with E-state index >= 15 is 0 Å². The summed E-state index contributed by atoms with van der Waals surface area (Å²) in [5.74, 6) is -0.374. The summed E-state index contributed by atoms with van der Waals surface area (Å²) in [5, 5.41) is 17.6. The average Bonchev–Trinajstić information content (AvgIpc) is 3.05. The van der Waals surface area contributed by atoms with Crippen LogP contribution in [-0.4, -0.2) is 26.8 Å². The van der Waals surface area contributed by atoms with E-state index in [1.54, 1.807) is 6.07 Å². The quantitative estimate of drug-likeness (QED) is 0.496. The number of rotatable bonds is 6. The Morgan fingerprint density at radius 1 is 1.62 bits per heavy atom. The van der Waals surface area contributed by atoms with Gasteiger partial charge in [0.15, 0.2) is 5.13 Å². The molecule has 8 nitrogen and oxygen atoms in total.